The van der Waals surface area contributed by atoms with Crippen LogP contribution in [0.2, 0.25) is 0 Å². The summed E-state index contributed by atoms with van der Waals surface area (Å²) in [6.45, 7) is 4.97. The van der Waals surface area contributed by atoms with Crippen LogP contribution in [0.1, 0.15) is 31.1 Å². The summed E-state index contributed by atoms with van der Waals surface area (Å²) in [6.07, 6.45) is 0. The molecule has 1 amide bonds. The van der Waals surface area contributed by atoms with Crippen molar-refractivity contribution in [1.29, 1.82) is 0 Å². The Balaban J connectivity index is 1.95. The average molecular weight is 403 g/mol. The van der Waals surface area contributed by atoms with Gasteiger partial charge >= 0.3 is 5.97 Å². The maximum Gasteiger partial charge on any atom is 0.339 e. The van der Waals surface area contributed by atoms with Crippen LogP contribution in [-0.4, -0.2) is 30.0 Å². The lowest BCUT2D eigenvalue weighted by Crippen LogP contribution is -2.26. The molecule has 7 heteroatoms. The second-order valence-corrected chi connectivity index (χ2v) is 8.11. The van der Waals surface area contributed by atoms with E-state index in [2.05, 4.69) is 5.32 Å². The van der Waals surface area contributed by atoms with Crippen LogP contribution < -0.4 is 5.32 Å². The largest absolute Gasteiger partial charge is 0.454 e. The van der Waals surface area contributed by atoms with E-state index in [0.29, 0.717) is 16.1 Å². The lowest BCUT2D eigenvalue weighted by atomic mass is 9.91. The molecule has 0 heterocycles. The molecule has 148 valence electrons. The number of anilines is 1. The van der Waals surface area contributed by atoms with Crippen LogP contribution in [0.5, 0.6) is 0 Å². The minimum Gasteiger partial charge on any atom is -0.454 e. The third-order valence-electron chi connectivity index (χ3n) is 3.76. The van der Waals surface area contributed by atoms with E-state index in [9.17, 15) is 18.8 Å². The maximum absolute atomic E-state index is 12.9. The Kier molecular flexibility index (Phi) is 7.34. The lowest BCUT2D eigenvalue weighted by molar-refractivity contribution is -0.129. The molecular weight excluding hydrogens is 381 g/mol. The second kappa shape index (κ2) is 9.50. The number of nitrogens with one attached hydrogen (secondary N) is 1. The van der Waals surface area contributed by atoms with Crippen LogP contribution in [0.4, 0.5) is 10.1 Å². The van der Waals surface area contributed by atoms with E-state index in [-0.39, 0.29) is 29.9 Å². The van der Waals surface area contributed by atoms with Crippen molar-refractivity contribution in [3.05, 3.63) is 59.9 Å². The highest BCUT2D eigenvalue weighted by molar-refractivity contribution is 8.00. The smallest absolute Gasteiger partial charge is 0.339 e. The third kappa shape index (κ3) is 6.49. The topological polar surface area (TPSA) is 72.5 Å². The maximum atomic E-state index is 12.9. The van der Waals surface area contributed by atoms with Gasteiger partial charge in [0.25, 0.3) is 0 Å². The van der Waals surface area contributed by atoms with Gasteiger partial charge in [-0.1, -0.05) is 32.9 Å². The summed E-state index contributed by atoms with van der Waals surface area (Å²) < 4.78 is 18.0. The average Bonchev–Trinajstić information content (AvgIpc) is 2.65. The normalized spacial score (nSPS) is 11.0. The zero-order valence-electron chi connectivity index (χ0n) is 16.0. The van der Waals surface area contributed by atoms with Crippen molar-refractivity contribution < 1.29 is 23.5 Å². The van der Waals surface area contributed by atoms with Gasteiger partial charge in [-0.15, -0.1) is 11.8 Å². The van der Waals surface area contributed by atoms with Gasteiger partial charge in [-0.05, 0) is 36.4 Å². The van der Waals surface area contributed by atoms with Gasteiger partial charge in [-0.2, -0.15) is 0 Å². The van der Waals surface area contributed by atoms with Gasteiger partial charge in [-0.25, -0.2) is 9.18 Å². The van der Waals surface area contributed by atoms with Crippen LogP contribution in [0.15, 0.2) is 53.4 Å². The first kappa shape index (κ1) is 21.6. The van der Waals surface area contributed by atoms with Gasteiger partial charge in [0.05, 0.1) is 11.3 Å². The molecule has 0 aliphatic heterocycles. The number of ether oxygens (including phenoxy) is 1. The molecule has 0 spiro atoms. The first-order valence-electron chi connectivity index (χ1n) is 8.64. The molecule has 0 unspecified atom stereocenters. The lowest BCUT2D eigenvalue weighted by Gasteiger charge is -2.16. The molecule has 0 saturated carbocycles. The van der Waals surface area contributed by atoms with Gasteiger partial charge in [0, 0.05) is 16.0 Å². The predicted octanol–water partition coefficient (Wildman–Crippen LogP) is 4.33. The number of hydrogen-bond acceptors (Lipinski definition) is 5. The summed E-state index contributed by atoms with van der Waals surface area (Å²) in [5.74, 6) is -1.40. The Morgan fingerprint density at radius 1 is 1.04 bits per heavy atom. The van der Waals surface area contributed by atoms with Crippen molar-refractivity contribution in [3.8, 4) is 0 Å². The minimum absolute atomic E-state index is 0.0581. The first-order valence-corrected chi connectivity index (χ1v) is 9.63. The van der Waals surface area contributed by atoms with Crippen molar-refractivity contribution in [3.63, 3.8) is 0 Å². The van der Waals surface area contributed by atoms with Crippen LogP contribution in [-0.2, 0) is 14.3 Å². The number of carbonyl (C=O) groups is 3. The molecule has 0 aromatic heterocycles. The van der Waals surface area contributed by atoms with Crippen molar-refractivity contribution in [2.24, 2.45) is 5.41 Å². The summed E-state index contributed by atoms with van der Waals surface area (Å²) in [4.78, 5) is 36.9. The van der Waals surface area contributed by atoms with E-state index < -0.39 is 11.4 Å². The Morgan fingerprint density at radius 2 is 1.68 bits per heavy atom. The molecule has 0 radical (unpaired) electrons. The number of rotatable bonds is 7. The molecule has 0 saturated heterocycles. The highest BCUT2D eigenvalue weighted by Gasteiger charge is 2.23. The van der Waals surface area contributed by atoms with E-state index in [1.54, 1.807) is 45.0 Å². The van der Waals surface area contributed by atoms with Crippen LogP contribution in [0, 0.1) is 11.2 Å². The zero-order chi connectivity index (χ0) is 20.7. The van der Waals surface area contributed by atoms with E-state index >= 15 is 0 Å². The molecular formula is C21H22FNO4S. The van der Waals surface area contributed by atoms with Crippen molar-refractivity contribution in [1.82, 2.24) is 0 Å². The molecule has 2 aromatic rings. The summed E-state index contributed by atoms with van der Waals surface area (Å²) in [7, 11) is 0. The fraction of sp³-hybridized carbons (Fsp3) is 0.286. The predicted molar refractivity (Wildman–Crippen MR) is 107 cm³/mol. The van der Waals surface area contributed by atoms with Gasteiger partial charge in [0.2, 0.25) is 5.91 Å². The molecule has 0 bridgehead atoms. The minimum atomic E-state index is -0.611. The fourth-order valence-electron chi connectivity index (χ4n) is 2.06. The highest BCUT2D eigenvalue weighted by Crippen LogP contribution is 2.24. The molecule has 0 aliphatic carbocycles. The number of ketones is 1. The van der Waals surface area contributed by atoms with Crippen molar-refractivity contribution in [2.75, 3.05) is 17.7 Å². The molecule has 0 fully saturated rings. The quantitative estimate of drug-likeness (QED) is 0.550. The number of benzene rings is 2. The highest BCUT2D eigenvalue weighted by atomic mass is 32.2. The summed E-state index contributed by atoms with van der Waals surface area (Å²) in [5.41, 5.74) is 0.191. The monoisotopic (exact) mass is 403 g/mol. The molecule has 0 atom stereocenters. The van der Waals surface area contributed by atoms with Crippen molar-refractivity contribution in [2.45, 2.75) is 25.7 Å². The van der Waals surface area contributed by atoms with Gasteiger partial charge in [0.15, 0.2) is 12.4 Å². The Labute approximate surface area is 167 Å². The summed E-state index contributed by atoms with van der Waals surface area (Å²) in [6, 6.07) is 12.2. The Bertz CT molecular complexity index is 859. The SMILES string of the molecule is CC(C)(C)C(=O)COC(=O)c1ccccc1SCC(=O)Nc1ccc(F)cc1. The molecule has 0 aliphatic rings. The zero-order valence-corrected chi connectivity index (χ0v) is 16.8. The number of hydrogen-bond donors (Lipinski definition) is 1. The van der Waals surface area contributed by atoms with E-state index in [4.69, 9.17) is 4.74 Å². The Morgan fingerprint density at radius 3 is 2.32 bits per heavy atom. The molecule has 1 N–H and O–H groups in total. The van der Waals surface area contributed by atoms with Gasteiger partial charge in [0.1, 0.15) is 5.82 Å². The number of Topliss-reactive ketones (excluding diaryl/α,β-unsaturated/α-hetero) is 1. The number of amides is 1. The number of halogens is 1. The molecule has 28 heavy (non-hydrogen) atoms. The van der Waals surface area contributed by atoms with Gasteiger partial charge in [-0.3, -0.25) is 9.59 Å². The molecule has 5 nitrogen and oxygen atoms in total. The third-order valence-corrected chi connectivity index (χ3v) is 4.84. The Hall–Kier alpha value is -2.67. The first-order chi connectivity index (χ1) is 13.2. The van der Waals surface area contributed by atoms with Crippen LogP contribution in [0.25, 0.3) is 0 Å². The summed E-state index contributed by atoms with van der Waals surface area (Å²) in [5, 5.41) is 2.66. The van der Waals surface area contributed by atoms with E-state index in [0.717, 1.165) is 0 Å². The fourth-order valence-corrected chi connectivity index (χ4v) is 2.90. The number of thioether (sulfide) groups is 1. The summed E-state index contributed by atoms with van der Waals surface area (Å²) >= 11 is 1.17. The van der Waals surface area contributed by atoms with E-state index in [1.807, 2.05) is 0 Å². The number of esters is 1. The molecule has 2 aromatic carbocycles. The van der Waals surface area contributed by atoms with E-state index in [1.165, 1.54) is 36.0 Å². The molecule has 2 rings (SSSR count). The standard InChI is InChI=1S/C21H22FNO4S/c1-21(2,3)18(24)12-27-20(26)16-6-4-5-7-17(16)28-13-19(25)23-15-10-8-14(22)9-11-15/h4-11H,12-13H2,1-3H3,(H,23,25). The second-order valence-electron chi connectivity index (χ2n) is 7.09. The van der Waals surface area contributed by atoms with Crippen LogP contribution >= 0.6 is 11.8 Å². The van der Waals surface area contributed by atoms with Crippen LogP contribution in [0.3, 0.4) is 0 Å². The van der Waals surface area contributed by atoms with Gasteiger partial charge < -0.3 is 10.1 Å². The van der Waals surface area contributed by atoms with Crippen molar-refractivity contribution >= 4 is 35.1 Å². The number of carbonyl (C=O) groups excluding carboxylic acids is 3.